The monoisotopic (exact) mass is 864 g/mol. The highest BCUT2D eigenvalue weighted by Gasteiger charge is 2.34. The lowest BCUT2D eigenvalue weighted by Gasteiger charge is -2.42. The van der Waals surface area contributed by atoms with Crippen molar-refractivity contribution >= 4 is 45.1 Å². The van der Waals surface area contributed by atoms with Gasteiger partial charge in [-0.2, -0.15) is 13.2 Å². The molecule has 63 heavy (non-hydrogen) atoms. The maximum Gasteiger partial charge on any atom is 0.433 e. The molecule has 4 aromatic carbocycles. The number of carboxylic acid groups (broad SMARTS) is 2. The summed E-state index contributed by atoms with van der Waals surface area (Å²) in [7, 11) is 3.07. The van der Waals surface area contributed by atoms with Crippen LogP contribution < -0.4 is 19.3 Å². The van der Waals surface area contributed by atoms with Crippen LogP contribution in [0.1, 0.15) is 22.5 Å². The fourth-order valence-electron chi connectivity index (χ4n) is 8.64. The van der Waals surface area contributed by atoms with Gasteiger partial charge in [0.05, 0.1) is 27.3 Å². The number of carboxylic acids is 2. The number of carbonyl (C=O) groups is 2. The fraction of sp³-hybridized carbons (Fsp3) is 0.333. The molecule has 0 spiro atoms. The number of halogens is 3. The average Bonchev–Trinajstić information content (AvgIpc) is 3.27. The van der Waals surface area contributed by atoms with Crippen LogP contribution in [0.4, 0.5) is 24.5 Å². The van der Waals surface area contributed by atoms with Crippen molar-refractivity contribution in [2.45, 2.75) is 38.0 Å². The molecule has 2 N–H and O–H groups in total. The Morgan fingerprint density at radius 3 is 1.49 bits per heavy atom. The fourth-order valence-corrected chi connectivity index (χ4v) is 8.64. The highest BCUT2D eigenvalue weighted by molar-refractivity contribution is 5.97. The van der Waals surface area contributed by atoms with Gasteiger partial charge in [0, 0.05) is 79.2 Å². The van der Waals surface area contributed by atoms with E-state index < -0.39 is 23.8 Å². The van der Waals surface area contributed by atoms with Crippen LogP contribution in [0.3, 0.4) is 0 Å². The summed E-state index contributed by atoms with van der Waals surface area (Å²) in [6, 6.07) is 34.2. The van der Waals surface area contributed by atoms with Crippen LogP contribution in [0.2, 0.25) is 0 Å². The van der Waals surface area contributed by atoms with Crippen molar-refractivity contribution in [3.05, 3.63) is 132 Å². The first-order chi connectivity index (χ1) is 30.3. The number of benzene rings is 4. The highest BCUT2D eigenvalue weighted by Crippen LogP contribution is 2.38. The van der Waals surface area contributed by atoms with Gasteiger partial charge in [-0.3, -0.25) is 19.4 Å². The average molecular weight is 865 g/mol. The third kappa shape index (κ3) is 10.8. The molecule has 2 atom stereocenters. The number of aliphatic carboxylic acids is 2. The Labute approximate surface area is 364 Å². The van der Waals surface area contributed by atoms with Gasteiger partial charge in [-0.05, 0) is 79.4 Å². The zero-order valence-electron chi connectivity index (χ0n) is 35.5. The van der Waals surface area contributed by atoms with E-state index in [-0.39, 0.29) is 36.4 Å². The molecular weight excluding hydrogens is 814 g/mol. The topological polar surface area (TPSA) is 132 Å². The molecule has 2 aliphatic heterocycles. The van der Waals surface area contributed by atoms with E-state index in [2.05, 4.69) is 43.9 Å². The number of methoxy groups -OCH3 is 2. The third-order valence-corrected chi connectivity index (χ3v) is 11.7. The van der Waals surface area contributed by atoms with Gasteiger partial charge in [0.15, 0.2) is 0 Å². The SMILES string of the molecule is COc1ccc(N2CCN(CC(=O)O)C(Cc3ccccc3)C2)c2ccc(C(F)(F)F)nc12.COc1ccc(N2CCN(CC(=O)O)C(Cc3ccccc3)C2)c2ccc(C)nc12. The molecule has 8 rings (SSSR count). The number of alkyl halides is 3. The van der Waals surface area contributed by atoms with Gasteiger partial charge in [0.25, 0.3) is 0 Å². The van der Waals surface area contributed by atoms with E-state index in [9.17, 15) is 33.0 Å². The summed E-state index contributed by atoms with van der Waals surface area (Å²) < 4.78 is 50.5. The van der Waals surface area contributed by atoms with Gasteiger partial charge in [-0.25, -0.2) is 9.97 Å². The van der Waals surface area contributed by atoms with Crippen LogP contribution >= 0.6 is 0 Å². The standard InChI is InChI=1S/C24H24F3N3O3.C24H27N3O3/c1-33-20-9-8-19(18-7-10-21(24(25,26)27)28-23(18)20)30-12-11-29(15-22(31)32)17(14-30)13-16-5-3-2-4-6-16;1-17-8-9-20-21(10-11-22(30-2)24(20)25-17)27-13-12-26(16-23(28)29)19(15-27)14-18-6-4-3-5-7-18/h2-10,17H,11-15H2,1H3,(H,31,32);3-11,19H,12-16H2,1-2H3,(H,28,29). The summed E-state index contributed by atoms with van der Waals surface area (Å²) in [5, 5.41) is 20.4. The Balaban J connectivity index is 0.000000190. The minimum absolute atomic E-state index is 0.0643. The van der Waals surface area contributed by atoms with Gasteiger partial charge in [-0.1, -0.05) is 60.7 Å². The van der Waals surface area contributed by atoms with E-state index in [4.69, 9.17) is 14.5 Å². The minimum atomic E-state index is -4.56. The predicted molar refractivity (Wildman–Crippen MR) is 237 cm³/mol. The molecule has 0 saturated carbocycles. The van der Waals surface area contributed by atoms with Crippen molar-refractivity contribution in [2.75, 3.05) is 76.4 Å². The first-order valence-corrected chi connectivity index (χ1v) is 20.8. The molecule has 0 aliphatic carbocycles. The lowest BCUT2D eigenvalue weighted by atomic mass is 10.0. The van der Waals surface area contributed by atoms with Crippen LogP contribution in [-0.2, 0) is 28.6 Å². The number of hydrogen-bond acceptors (Lipinski definition) is 10. The molecule has 2 unspecified atom stereocenters. The Kier molecular flexibility index (Phi) is 14.0. The predicted octanol–water partition coefficient (Wildman–Crippen LogP) is 7.45. The Morgan fingerprint density at radius 2 is 1.06 bits per heavy atom. The molecule has 2 aromatic heterocycles. The van der Waals surface area contributed by atoms with Crippen LogP contribution in [0, 0.1) is 6.92 Å². The first kappa shape index (κ1) is 44.6. The van der Waals surface area contributed by atoms with Crippen LogP contribution in [0.25, 0.3) is 21.8 Å². The van der Waals surface area contributed by atoms with Crippen molar-refractivity contribution in [1.82, 2.24) is 19.8 Å². The molecule has 0 radical (unpaired) electrons. The Bertz CT molecular complexity index is 2530. The maximum atomic E-state index is 13.2. The lowest BCUT2D eigenvalue weighted by molar-refractivity contribution is -0.141. The second kappa shape index (κ2) is 19.7. The number of rotatable bonds is 12. The minimum Gasteiger partial charge on any atom is -0.494 e. The van der Waals surface area contributed by atoms with Crippen LogP contribution in [0.15, 0.2) is 109 Å². The van der Waals surface area contributed by atoms with Gasteiger partial charge in [-0.15, -0.1) is 0 Å². The number of nitrogens with zero attached hydrogens (tertiary/aromatic N) is 6. The molecule has 0 bridgehead atoms. The summed E-state index contributed by atoms with van der Waals surface area (Å²) in [6.45, 7) is 5.81. The van der Waals surface area contributed by atoms with Crippen LogP contribution in [0.5, 0.6) is 11.5 Å². The van der Waals surface area contributed by atoms with E-state index in [1.54, 1.807) is 13.2 Å². The molecule has 330 valence electrons. The number of pyridine rings is 2. The molecule has 4 heterocycles. The molecule has 2 saturated heterocycles. The molecule has 2 aliphatic rings. The number of piperazine rings is 2. The quantitative estimate of drug-likeness (QED) is 0.127. The summed E-state index contributed by atoms with van der Waals surface area (Å²) in [4.78, 5) is 39.8. The number of ether oxygens (including phenoxy) is 2. The lowest BCUT2D eigenvalue weighted by Crippen LogP contribution is -2.55. The maximum absolute atomic E-state index is 13.2. The summed E-state index contributed by atoms with van der Waals surface area (Å²) in [5.41, 5.74) is 5.17. The van der Waals surface area contributed by atoms with E-state index in [1.807, 2.05) is 78.6 Å². The molecule has 12 nitrogen and oxygen atoms in total. The number of fused-ring (bicyclic) bond motifs is 2. The molecule has 15 heteroatoms. The molecule has 0 amide bonds. The van der Waals surface area contributed by atoms with E-state index in [1.165, 1.54) is 18.7 Å². The van der Waals surface area contributed by atoms with Crippen molar-refractivity contribution in [1.29, 1.82) is 0 Å². The first-order valence-electron chi connectivity index (χ1n) is 20.8. The van der Waals surface area contributed by atoms with Crippen LogP contribution in [-0.4, -0.2) is 121 Å². The van der Waals surface area contributed by atoms with Crippen molar-refractivity contribution in [3.8, 4) is 11.5 Å². The zero-order valence-corrected chi connectivity index (χ0v) is 35.5. The normalized spacial score (nSPS) is 17.3. The van der Waals surface area contributed by atoms with Gasteiger partial charge < -0.3 is 29.5 Å². The summed E-state index contributed by atoms with van der Waals surface area (Å²) in [5.74, 6) is -0.635. The van der Waals surface area contributed by atoms with Crippen molar-refractivity contribution < 1.29 is 42.4 Å². The van der Waals surface area contributed by atoms with Gasteiger partial charge in [0.2, 0.25) is 0 Å². The Morgan fingerprint density at radius 1 is 0.619 bits per heavy atom. The smallest absolute Gasteiger partial charge is 0.433 e. The highest BCUT2D eigenvalue weighted by atomic mass is 19.4. The summed E-state index contributed by atoms with van der Waals surface area (Å²) in [6.07, 6.45) is -3.08. The van der Waals surface area contributed by atoms with E-state index in [0.717, 1.165) is 64.9 Å². The van der Waals surface area contributed by atoms with E-state index in [0.29, 0.717) is 38.0 Å². The largest absolute Gasteiger partial charge is 0.494 e. The second-order valence-corrected chi connectivity index (χ2v) is 15.8. The Hall–Kier alpha value is -6.45. The summed E-state index contributed by atoms with van der Waals surface area (Å²) >= 11 is 0. The molecular formula is C48H51F3N6O6. The number of anilines is 2. The second-order valence-electron chi connectivity index (χ2n) is 15.8. The van der Waals surface area contributed by atoms with E-state index >= 15 is 0 Å². The van der Waals surface area contributed by atoms with Crippen molar-refractivity contribution in [3.63, 3.8) is 0 Å². The molecule has 6 aromatic rings. The zero-order chi connectivity index (χ0) is 44.7. The van der Waals surface area contributed by atoms with Gasteiger partial charge >= 0.3 is 18.1 Å². The number of aryl methyl sites for hydroxylation is 1. The number of hydrogen-bond donors (Lipinski definition) is 2. The molecule has 2 fully saturated rings. The van der Waals surface area contributed by atoms with Crippen molar-refractivity contribution in [2.24, 2.45) is 0 Å². The van der Waals surface area contributed by atoms with Gasteiger partial charge in [0.1, 0.15) is 28.2 Å². The number of aromatic nitrogens is 2. The third-order valence-electron chi connectivity index (χ3n) is 11.7.